The van der Waals surface area contributed by atoms with Crippen molar-refractivity contribution in [2.24, 2.45) is 11.3 Å². The molecular weight excluding hydrogens is 400 g/mol. The van der Waals surface area contributed by atoms with Crippen molar-refractivity contribution in [2.75, 3.05) is 25.1 Å². The van der Waals surface area contributed by atoms with E-state index >= 15 is 0 Å². The van der Waals surface area contributed by atoms with E-state index in [-0.39, 0.29) is 11.4 Å². The lowest BCUT2D eigenvalue weighted by Crippen LogP contribution is -2.58. The van der Waals surface area contributed by atoms with Gasteiger partial charge in [-0.1, -0.05) is 72.6 Å². The first-order valence-corrected chi connectivity index (χ1v) is 12.7. The number of amides is 2. The maximum Gasteiger partial charge on any atom is 0.319 e. The molecule has 0 radical (unpaired) electrons. The lowest BCUT2D eigenvalue weighted by molar-refractivity contribution is -0.323. The van der Waals surface area contributed by atoms with Crippen molar-refractivity contribution >= 4 is 11.7 Å². The molecule has 3 rings (SSSR count). The molecule has 0 spiro atoms. The van der Waals surface area contributed by atoms with Gasteiger partial charge in [-0.05, 0) is 48.6 Å². The Labute approximate surface area is 195 Å². The number of hydrogen-bond acceptors (Lipinski definition) is 3. The minimum Gasteiger partial charge on any atom is -0.347 e. The van der Waals surface area contributed by atoms with Gasteiger partial charge in [-0.15, -0.1) is 0 Å². The number of carbonyl (C=O) groups is 1. The predicted molar refractivity (Wildman–Crippen MR) is 131 cm³/mol. The third-order valence-electron chi connectivity index (χ3n) is 7.83. The molecule has 0 unspecified atom stereocenters. The highest BCUT2D eigenvalue weighted by Crippen LogP contribution is 2.43. The van der Waals surface area contributed by atoms with Gasteiger partial charge in [-0.25, -0.2) is 4.79 Å². The van der Waals surface area contributed by atoms with Crippen molar-refractivity contribution in [3.8, 4) is 0 Å². The molecule has 1 aromatic rings. The molecule has 1 saturated carbocycles. The zero-order valence-corrected chi connectivity index (χ0v) is 21.1. The van der Waals surface area contributed by atoms with E-state index < -0.39 is 5.79 Å². The number of benzene rings is 1. The lowest BCUT2D eigenvalue weighted by Gasteiger charge is -2.48. The molecule has 1 heterocycles. The molecular formula is C27H44N2O3. The van der Waals surface area contributed by atoms with Crippen LogP contribution in [-0.2, 0) is 9.47 Å². The Kier molecular flexibility index (Phi) is 8.26. The highest BCUT2D eigenvalue weighted by molar-refractivity contribution is 5.91. The number of hydrogen-bond donors (Lipinski definition) is 2. The van der Waals surface area contributed by atoms with E-state index in [1.807, 2.05) is 0 Å². The Morgan fingerprint density at radius 3 is 2.00 bits per heavy atom. The average Bonchev–Trinajstić information content (AvgIpc) is 3.33. The first kappa shape index (κ1) is 25.0. The summed E-state index contributed by atoms with van der Waals surface area (Å²) in [6.45, 7) is 14.9. The van der Waals surface area contributed by atoms with Crippen molar-refractivity contribution in [3.63, 3.8) is 0 Å². The van der Waals surface area contributed by atoms with Crippen LogP contribution in [0, 0.1) is 11.3 Å². The maximum atomic E-state index is 13.1. The Balaban J connectivity index is 1.73. The molecule has 1 aliphatic heterocycles. The van der Waals surface area contributed by atoms with Gasteiger partial charge < -0.3 is 20.1 Å². The summed E-state index contributed by atoms with van der Waals surface area (Å²) >= 11 is 0. The first-order chi connectivity index (χ1) is 15.3. The second kappa shape index (κ2) is 10.6. The molecule has 32 heavy (non-hydrogen) atoms. The normalized spacial score (nSPS) is 20.6. The first-order valence-electron chi connectivity index (χ1n) is 12.7. The Bertz CT molecular complexity index is 728. The van der Waals surface area contributed by atoms with Gasteiger partial charge in [0.2, 0.25) is 0 Å². The fourth-order valence-electron chi connectivity index (χ4n) is 5.20. The number of para-hydroxylation sites is 1. The second-order valence-corrected chi connectivity index (χ2v) is 10.5. The minimum atomic E-state index is -0.708. The number of carbonyl (C=O) groups excluding carboxylic acids is 1. The third kappa shape index (κ3) is 5.31. The standard InChI is InChI=1S/C27H44N2O3/c1-7-26(8-2)17-31-27(32-18-26,21-12-9-10-13-21)16-28-25(30)29-24-22(19(3)4)14-11-15-23(24)20(5)6/h11,14-15,19-21H,7-10,12-13,16-18H2,1-6H3,(H2,28,29,30). The zero-order chi connectivity index (χ0) is 23.4. The van der Waals surface area contributed by atoms with Crippen LogP contribution in [-0.4, -0.2) is 31.6 Å². The number of urea groups is 1. The summed E-state index contributed by atoms with van der Waals surface area (Å²) < 4.78 is 13.0. The van der Waals surface area contributed by atoms with Gasteiger partial charge in [0.15, 0.2) is 5.79 Å². The highest BCUT2D eigenvalue weighted by atomic mass is 16.7. The van der Waals surface area contributed by atoms with Crippen LogP contribution >= 0.6 is 0 Å². The molecule has 2 fully saturated rings. The summed E-state index contributed by atoms with van der Waals surface area (Å²) in [4.78, 5) is 13.1. The van der Waals surface area contributed by atoms with E-state index in [9.17, 15) is 4.79 Å². The number of nitrogens with one attached hydrogen (secondary N) is 2. The molecule has 1 aromatic carbocycles. The van der Waals surface area contributed by atoms with Gasteiger partial charge in [-0.2, -0.15) is 0 Å². The molecule has 5 nitrogen and oxygen atoms in total. The van der Waals surface area contributed by atoms with Crippen LogP contribution in [0.25, 0.3) is 0 Å². The number of rotatable bonds is 8. The van der Waals surface area contributed by atoms with Crippen LogP contribution in [0.3, 0.4) is 0 Å². The molecule has 1 saturated heterocycles. The monoisotopic (exact) mass is 444 g/mol. The molecule has 2 aliphatic rings. The summed E-state index contributed by atoms with van der Waals surface area (Å²) in [5.74, 6) is 0.286. The van der Waals surface area contributed by atoms with Crippen LogP contribution < -0.4 is 10.6 Å². The molecule has 180 valence electrons. The summed E-state index contributed by atoms with van der Waals surface area (Å²) in [6, 6.07) is 6.11. The smallest absolute Gasteiger partial charge is 0.319 e. The molecule has 0 bridgehead atoms. The van der Waals surface area contributed by atoms with Crippen LogP contribution in [0.2, 0.25) is 0 Å². The zero-order valence-electron chi connectivity index (χ0n) is 21.1. The van der Waals surface area contributed by atoms with Gasteiger partial charge >= 0.3 is 6.03 Å². The second-order valence-electron chi connectivity index (χ2n) is 10.5. The summed E-state index contributed by atoms with van der Waals surface area (Å²) in [5.41, 5.74) is 3.36. The Morgan fingerprint density at radius 1 is 1.00 bits per heavy atom. The van der Waals surface area contributed by atoms with Crippen LogP contribution in [0.15, 0.2) is 18.2 Å². The highest BCUT2D eigenvalue weighted by Gasteiger charge is 2.49. The van der Waals surface area contributed by atoms with E-state index in [0.29, 0.717) is 37.5 Å². The van der Waals surface area contributed by atoms with E-state index in [0.717, 1.165) is 42.5 Å². The quantitative estimate of drug-likeness (QED) is 0.464. The van der Waals surface area contributed by atoms with Gasteiger partial charge in [-0.3, -0.25) is 0 Å². The Hall–Kier alpha value is -1.59. The lowest BCUT2D eigenvalue weighted by atomic mass is 9.82. The van der Waals surface area contributed by atoms with Crippen LogP contribution in [0.5, 0.6) is 0 Å². The van der Waals surface area contributed by atoms with Crippen molar-refractivity contribution in [1.82, 2.24) is 5.32 Å². The molecule has 2 amide bonds. The van der Waals surface area contributed by atoms with Gasteiger partial charge in [0.1, 0.15) is 0 Å². The third-order valence-corrected chi connectivity index (χ3v) is 7.83. The predicted octanol–water partition coefficient (Wildman–Crippen LogP) is 6.79. The summed E-state index contributed by atoms with van der Waals surface area (Å²) in [7, 11) is 0. The topological polar surface area (TPSA) is 59.6 Å². The van der Waals surface area contributed by atoms with Crippen molar-refractivity contribution in [2.45, 2.75) is 97.7 Å². The molecule has 0 aromatic heterocycles. The number of ether oxygens (including phenoxy) is 2. The fraction of sp³-hybridized carbons (Fsp3) is 0.741. The van der Waals surface area contributed by atoms with E-state index in [2.05, 4.69) is 70.4 Å². The van der Waals surface area contributed by atoms with E-state index in [1.54, 1.807) is 0 Å². The van der Waals surface area contributed by atoms with Crippen molar-refractivity contribution < 1.29 is 14.3 Å². The van der Waals surface area contributed by atoms with E-state index in [4.69, 9.17) is 9.47 Å². The van der Waals surface area contributed by atoms with Gasteiger partial charge in [0, 0.05) is 17.0 Å². The summed E-state index contributed by atoms with van der Waals surface area (Å²) in [6.07, 6.45) is 6.70. The summed E-state index contributed by atoms with van der Waals surface area (Å²) in [5, 5.41) is 6.28. The van der Waals surface area contributed by atoms with Crippen LogP contribution in [0.1, 0.15) is 103 Å². The fourth-order valence-corrected chi connectivity index (χ4v) is 5.20. The largest absolute Gasteiger partial charge is 0.347 e. The van der Waals surface area contributed by atoms with E-state index in [1.165, 1.54) is 12.8 Å². The van der Waals surface area contributed by atoms with Crippen molar-refractivity contribution in [3.05, 3.63) is 29.3 Å². The minimum absolute atomic E-state index is 0.0900. The maximum absolute atomic E-state index is 13.1. The van der Waals surface area contributed by atoms with Crippen LogP contribution in [0.4, 0.5) is 10.5 Å². The number of anilines is 1. The van der Waals surface area contributed by atoms with Gasteiger partial charge in [0.05, 0.1) is 19.8 Å². The molecule has 5 heteroatoms. The Morgan fingerprint density at radius 2 is 1.53 bits per heavy atom. The average molecular weight is 445 g/mol. The van der Waals surface area contributed by atoms with Gasteiger partial charge in [0.25, 0.3) is 0 Å². The van der Waals surface area contributed by atoms with Crippen molar-refractivity contribution in [1.29, 1.82) is 0 Å². The molecule has 0 atom stereocenters. The molecule has 1 aliphatic carbocycles. The SMILES string of the molecule is CCC1(CC)COC(CNC(=O)Nc2c(C(C)C)cccc2C(C)C)(C2CCCC2)OC1. The molecule has 2 N–H and O–H groups in total.